The second kappa shape index (κ2) is 11.1. The summed E-state index contributed by atoms with van der Waals surface area (Å²) in [6.07, 6.45) is 22.5. The van der Waals surface area contributed by atoms with Crippen molar-refractivity contribution in [2.75, 3.05) is 0 Å². The van der Waals surface area contributed by atoms with Gasteiger partial charge >= 0.3 is 0 Å². The average molecular weight is 527 g/mol. The summed E-state index contributed by atoms with van der Waals surface area (Å²) < 4.78 is 0. The minimum absolute atomic E-state index is 0.988. The Hall–Kier alpha value is -4.68. The van der Waals surface area contributed by atoms with Crippen LogP contribution in [0.3, 0.4) is 0 Å². The Bertz CT molecular complexity index is 2030. The Morgan fingerprint density at radius 3 is 2.32 bits per heavy atom. The molecule has 41 heavy (non-hydrogen) atoms. The van der Waals surface area contributed by atoms with E-state index in [-0.39, 0.29) is 0 Å². The van der Waals surface area contributed by atoms with Crippen molar-refractivity contribution >= 4 is 39.3 Å². The molecule has 0 amide bonds. The summed E-state index contributed by atoms with van der Waals surface area (Å²) in [5, 5.41) is 8.04. The van der Waals surface area contributed by atoms with Crippen LogP contribution < -0.4 is 10.4 Å². The first-order valence-electron chi connectivity index (χ1n) is 14.9. The van der Waals surface area contributed by atoms with E-state index in [1.807, 2.05) is 0 Å². The van der Waals surface area contributed by atoms with E-state index in [9.17, 15) is 0 Å². The fourth-order valence-corrected chi connectivity index (χ4v) is 6.53. The van der Waals surface area contributed by atoms with Gasteiger partial charge in [-0.3, -0.25) is 0 Å². The molecule has 7 rings (SSSR count). The first-order chi connectivity index (χ1) is 20.3. The molecule has 0 heterocycles. The number of benzene rings is 5. The van der Waals surface area contributed by atoms with Crippen molar-refractivity contribution in [2.45, 2.75) is 32.6 Å². The second-order valence-electron chi connectivity index (χ2n) is 11.0. The second-order valence-corrected chi connectivity index (χ2v) is 11.0. The molecule has 2 aliphatic rings. The zero-order chi connectivity index (χ0) is 27.6. The molecule has 0 heteroatoms. The van der Waals surface area contributed by atoms with Gasteiger partial charge in [-0.15, -0.1) is 0 Å². The van der Waals surface area contributed by atoms with Gasteiger partial charge in [-0.2, -0.15) is 0 Å². The van der Waals surface area contributed by atoms with Gasteiger partial charge in [0.1, 0.15) is 0 Å². The van der Waals surface area contributed by atoms with Crippen LogP contribution in [0.15, 0.2) is 133 Å². The molecule has 0 saturated heterocycles. The molecule has 5 aromatic rings. The lowest BCUT2D eigenvalue weighted by Crippen LogP contribution is -2.33. The largest absolute Gasteiger partial charge is 0.0801 e. The molecular formula is C41H34. The third kappa shape index (κ3) is 4.70. The molecule has 0 N–H and O–H groups in total. The molecule has 0 unspecified atom stereocenters. The molecule has 0 radical (unpaired) electrons. The van der Waals surface area contributed by atoms with Crippen molar-refractivity contribution in [1.29, 1.82) is 0 Å². The van der Waals surface area contributed by atoms with Crippen LogP contribution in [0.2, 0.25) is 0 Å². The molecule has 198 valence electrons. The van der Waals surface area contributed by atoms with E-state index in [2.05, 4.69) is 147 Å². The normalized spacial score (nSPS) is 15.6. The molecule has 0 aromatic heterocycles. The highest BCUT2D eigenvalue weighted by Crippen LogP contribution is 2.36. The van der Waals surface area contributed by atoms with Crippen LogP contribution in [0, 0.1) is 0 Å². The van der Waals surface area contributed by atoms with Crippen LogP contribution in [-0.4, -0.2) is 0 Å². The van der Waals surface area contributed by atoms with E-state index in [1.165, 1.54) is 70.9 Å². The number of rotatable bonds is 5. The third-order valence-electron chi connectivity index (χ3n) is 8.53. The van der Waals surface area contributed by atoms with Gasteiger partial charge in [0.05, 0.1) is 0 Å². The zero-order valence-corrected chi connectivity index (χ0v) is 23.6. The topological polar surface area (TPSA) is 0 Å². The summed E-state index contributed by atoms with van der Waals surface area (Å²) in [5.41, 5.74) is 9.34. The Morgan fingerprint density at radius 1 is 0.707 bits per heavy atom. The molecular weight excluding hydrogens is 492 g/mol. The first kappa shape index (κ1) is 25.3. The van der Waals surface area contributed by atoms with Gasteiger partial charge in [-0.1, -0.05) is 140 Å². The van der Waals surface area contributed by atoms with Crippen molar-refractivity contribution in [3.63, 3.8) is 0 Å². The summed E-state index contributed by atoms with van der Waals surface area (Å²) >= 11 is 0. The standard InChI is InChI=1S/C41H34/c1-2-30(25-24-29-14-5-3-6-15-29)40-34-19-9-11-21-36(34)41(37-22-12-10-20-35(37)40)38-23-13-18-32-26-27-33(28-39(32)38)31-16-7-4-8-17-31/h3-9,11,13-14,16-28H,2,10,12,15H2,1H3/b29-24-,30-25+. The monoisotopic (exact) mass is 526 g/mol. The molecule has 0 aliphatic heterocycles. The van der Waals surface area contributed by atoms with Crippen molar-refractivity contribution in [1.82, 2.24) is 0 Å². The van der Waals surface area contributed by atoms with E-state index in [1.54, 1.807) is 0 Å². The van der Waals surface area contributed by atoms with Gasteiger partial charge in [-0.25, -0.2) is 0 Å². The van der Waals surface area contributed by atoms with Crippen molar-refractivity contribution in [3.05, 3.63) is 149 Å². The lowest BCUT2D eigenvalue weighted by Gasteiger charge is -2.20. The predicted octanol–water partition coefficient (Wildman–Crippen LogP) is 9.92. The SMILES string of the molecule is CC/C(=C\C=C1\C=CC=CC1)c1c2c(c(-c3cccc4ccc(-c5ccccc5)cc34)c3ccccc13)=CCCC=2. The number of hydrogen-bond acceptors (Lipinski definition) is 0. The summed E-state index contributed by atoms with van der Waals surface area (Å²) in [6, 6.07) is 33.5. The molecule has 0 fully saturated rings. The van der Waals surface area contributed by atoms with E-state index in [4.69, 9.17) is 0 Å². The number of allylic oxidation sites excluding steroid dienone is 8. The van der Waals surface area contributed by atoms with Crippen LogP contribution in [0.1, 0.15) is 38.2 Å². The Balaban J connectivity index is 1.52. The first-order valence-corrected chi connectivity index (χ1v) is 14.9. The highest BCUT2D eigenvalue weighted by molar-refractivity contribution is 6.09. The van der Waals surface area contributed by atoms with Crippen LogP contribution in [0.25, 0.3) is 61.5 Å². The Morgan fingerprint density at radius 2 is 1.51 bits per heavy atom. The van der Waals surface area contributed by atoms with Crippen LogP contribution in [-0.2, 0) is 0 Å². The number of hydrogen-bond donors (Lipinski definition) is 0. The highest BCUT2D eigenvalue weighted by atomic mass is 14.2. The zero-order valence-electron chi connectivity index (χ0n) is 23.6. The molecule has 2 aliphatic carbocycles. The third-order valence-corrected chi connectivity index (χ3v) is 8.53. The van der Waals surface area contributed by atoms with Gasteiger partial charge in [0.15, 0.2) is 0 Å². The van der Waals surface area contributed by atoms with Gasteiger partial charge in [0.25, 0.3) is 0 Å². The maximum Gasteiger partial charge on any atom is -0.00235 e. The fraction of sp³-hybridized carbons (Fsp3) is 0.122. The molecule has 5 aromatic carbocycles. The molecule has 0 spiro atoms. The van der Waals surface area contributed by atoms with Gasteiger partial charge in [-0.05, 0) is 103 Å². The predicted molar refractivity (Wildman–Crippen MR) is 179 cm³/mol. The van der Waals surface area contributed by atoms with Crippen molar-refractivity contribution in [2.24, 2.45) is 0 Å². The summed E-state index contributed by atoms with van der Waals surface area (Å²) in [4.78, 5) is 0. The number of fused-ring (bicyclic) bond motifs is 3. The van der Waals surface area contributed by atoms with Crippen LogP contribution in [0.4, 0.5) is 0 Å². The Kier molecular flexibility index (Phi) is 6.83. The van der Waals surface area contributed by atoms with Gasteiger partial charge in [0, 0.05) is 0 Å². The minimum atomic E-state index is 0.988. The summed E-state index contributed by atoms with van der Waals surface area (Å²) in [6.45, 7) is 2.29. The van der Waals surface area contributed by atoms with Crippen molar-refractivity contribution < 1.29 is 0 Å². The van der Waals surface area contributed by atoms with E-state index in [0.717, 1.165) is 25.7 Å². The van der Waals surface area contributed by atoms with Gasteiger partial charge in [0.2, 0.25) is 0 Å². The van der Waals surface area contributed by atoms with Crippen LogP contribution >= 0.6 is 0 Å². The quantitative estimate of drug-likeness (QED) is 0.214. The van der Waals surface area contributed by atoms with E-state index < -0.39 is 0 Å². The fourth-order valence-electron chi connectivity index (χ4n) is 6.53. The van der Waals surface area contributed by atoms with E-state index >= 15 is 0 Å². The smallest absolute Gasteiger partial charge is 0.00235 e. The van der Waals surface area contributed by atoms with Gasteiger partial charge < -0.3 is 0 Å². The Labute approximate surface area is 242 Å². The molecule has 0 bridgehead atoms. The van der Waals surface area contributed by atoms with Crippen molar-refractivity contribution in [3.8, 4) is 22.3 Å². The summed E-state index contributed by atoms with van der Waals surface area (Å²) in [5.74, 6) is 0. The maximum atomic E-state index is 2.49. The van der Waals surface area contributed by atoms with E-state index in [0.29, 0.717) is 0 Å². The lowest BCUT2D eigenvalue weighted by atomic mass is 9.84. The molecule has 0 nitrogen and oxygen atoms in total. The molecule has 0 saturated carbocycles. The summed E-state index contributed by atoms with van der Waals surface area (Å²) in [7, 11) is 0. The average Bonchev–Trinajstić information content (AvgIpc) is 3.05. The maximum absolute atomic E-state index is 2.49. The lowest BCUT2D eigenvalue weighted by molar-refractivity contribution is 1.11. The van der Waals surface area contributed by atoms with Crippen LogP contribution in [0.5, 0.6) is 0 Å². The minimum Gasteiger partial charge on any atom is -0.0801 e. The molecule has 0 atom stereocenters. The highest BCUT2D eigenvalue weighted by Gasteiger charge is 2.18.